The zero-order valence-electron chi connectivity index (χ0n) is 19.3. The van der Waals surface area contributed by atoms with Crippen LogP contribution in [0.5, 0.6) is 17.2 Å². The van der Waals surface area contributed by atoms with Crippen LogP contribution >= 0.6 is 11.3 Å². The van der Waals surface area contributed by atoms with Crippen LogP contribution in [0, 0.1) is 0 Å². The van der Waals surface area contributed by atoms with Crippen LogP contribution in [-0.4, -0.2) is 35.6 Å². The third-order valence-corrected chi connectivity index (χ3v) is 7.17. The number of rotatable bonds is 5. The number of hydrogen-bond acceptors (Lipinski definition) is 6. The molecule has 2 aromatic heterocycles. The maximum atomic E-state index is 13.0. The van der Waals surface area contributed by atoms with Crippen molar-refractivity contribution in [2.45, 2.75) is 13.0 Å². The molecule has 5 aromatic rings. The maximum absolute atomic E-state index is 13.0. The number of ether oxygens (including phenoxy) is 3. The van der Waals surface area contributed by atoms with E-state index in [-0.39, 0.29) is 11.9 Å². The van der Waals surface area contributed by atoms with Crippen LogP contribution < -0.4 is 19.5 Å². The van der Waals surface area contributed by atoms with Crippen molar-refractivity contribution in [3.63, 3.8) is 0 Å². The lowest BCUT2D eigenvalue weighted by atomic mass is 10.1. The van der Waals surface area contributed by atoms with Gasteiger partial charge in [0.1, 0.15) is 19.0 Å². The summed E-state index contributed by atoms with van der Waals surface area (Å²) in [5, 5.41) is 3.09. The van der Waals surface area contributed by atoms with Crippen LogP contribution in [0.2, 0.25) is 0 Å². The van der Waals surface area contributed by atoms with Crippen molar-refractivity contribution in [1.82, 2.24) is 14.7 Å². The molecule has 0 saturated carbocycles. The molecule has 35 heavy (non-hydrogen) atoms. The molecule has 3 aromatic carbocycles. The minimum Gasteiger partial charge on any atom is -0.497 e. The average Bonchev–Trinajstić information content (AvgIpc) is 3.46. The Hall–Kier alpha value is -4.04. The number of thiazole rings is 1. The molecule has 1 amide bonds. The largest absolute Gasteiger partial charge is 0.497 e. The third-order valence-electron chi connectivity index (χ3n) is 6.16. The molecular weight excluding hydrogens is 462 g/mol. The van der Waals surface area contributed by atoms with Crippen LogP contribution in [0.3, 0.4) is 0 Å². The summed E-state index contributed by atoms with van der Waals surface area (Å²) in [4.78, 5) is 18.7. The summed E-state index contributed by atoms with van der Waals surface area (Å²) in [6, 6.07) is 19.2. The van der Waals surface area contributed by atoms with Gasteiger partial charge in [-0.15, -0.1) is 0 Å². The van der Waals surface area contributed by atoms with E-state index in [9.17, 15) is 4.79 Å². The molecule has 6 rings (SSSR count). The summed E-state index contributed by atoms with van der Waals surface area (Å²) in [5.41, 5.74) is 4.52. The molecule has 0 fully saturated rings. The van der Waals surface area contributed by atoms with Crippen LogP contribution in [0.1, 0.15) is 28.9 Å². The smallest absolute Gasteiger partial charge is 0.251 e. The zero-order chi connectivity index (χ0) is 23.9. The van der Waals surface area contributed by atoms with E-state index >= 15 is 0 Å². The van der Waals surface area contributed by atoms with E-state index in [0.29, 0.717) is 24.5 Å². The van der Waals surface area contributed by atoms with Gasteiger partial charge in [0, 0.05) is 17.3 Å². The number of imidazole rings is 1. The predicted molar refractivity (Wildman–Crippen MR) is 136 cm³/mol. The number of nitrogens with zero attached hydrogens (tertiary/aromatic N) is 2. The molecule has 1 aliphatic rings. The first-order chi connectivity index (χ1) is 17.1. The number of amides is 1. The first-order valence-corrected chi connectivity index (χ1v) is 12.2. The summed E-state index contributed by atoms with van der Waals surface area (Å²) in [6.07, 6.45) is 2.03. The van der Waals surface area contributed by atoms with E-state index in [1.165, 1.54) is 0 Å². The van der Waals surface area contributed by atoms with Gasteiger partial charge in [-0.05, 0) is 67.1 Å². The lowest BCUT2D eigenvalue weighted by Gasteiger charge is -2.21. The highest BCUT2D eigenvalue weighted by atomic mass is 32.1. The molecule has 8 heteroatoms. The Morgan fingerprint density at radius 2 is 1.86 bits per heavy atom. The van der Waals surface area contributed by atoms with Crippen LogP contribution in [0.15, 0.2) is 66.9 Å². The van der Waals surface area contributed by atoms with Gasteiger partial charge in [-0.3, -0.25) is 9.20 Å². The van der Waals surface area contributed by atoms with Crippen LogP contribution in [0.4, 0.5) is 0 Å². The van der Waals surface area contributed by atoms with Crippen LogP contribution in [0.25, 0.3) is 26.4 Å². The first-order valence-electron chi connectivity index (χ1n) is 11.4. The van der Waals surface area contributed by atoms with E-state index in [4.69, 9.17) is 19.2 Å². The second kappa shape index (κ2) is 8.63. The first kappa shape index (κ1) is 21.5. The Balaban J connectivity index is 1.23. The summed E-state index contributed by atoms with van der Waals surface area (Å²) in [7, 11) is 1.65. The quantitative estimate of drug-likeness (QED) is 0.357. The topological polar surface area (TPSA) is 74.1 Å². The molecular formula is C27H23N3O4S. The van der Waals surface area contributed by atoms with E-state index in [1.54, 1.807) is 18.4 Å². The summed E-state index contributed by atoms with van der Waals surface area (Å²) < 4.78 is 19.6. The molecule has 1 atom stereocenters. The fraction of sp³-hybridized carbons (Fsp3) is 0.185. The van der Waals surface area contributed by atoms with Gasteiger partial charge < -0.3 is 19.5 Å². The van der Waals surface area contributed by atoms with Gasteiger partial charge in [-0.25, -0.2) is 4.98 Å². The zero-order valence-corrected chi connectivity index (χ0v) is 20.1. The van der Waals surface area contributed by atoms with E-state index in [1.807, 2.05) is 73.8 Å². The molecule has 176 valence electrons. The van der Waals surface area contributed by atoms with E-state index in [0.717, 1.165) is 43.5 Å². The monoisotopic (exact) mass is 485 g/mol. The van der Waals surface area contributed by atoms with E-state index < -0.39 is 0 Å². The fourth-order valence-electron chi connectivity index (χ4n) is 4.24. The van der Waals surface area contributed by atoms with Crippen molar-refractivity contribution in [2.24, 2.45) is 0 Å². The van der Waals surface area contributed by atoms with Gasteiger partial charge in [0.05, 0.1) is 29.1 Å². The van der Waals surface area contributed by atoms with E-state index in [2.05, 4.69) is 9.72 Å². The highest BCUT2D eigenvalue weighted by Crippen LogP contribution is 2.33. The van der Waals surface area contributed by atoms with Crippen molar-refractivity contribution < 1.29 is 19.0 Å². The number of carbonyl (C=O) groups is 1. The van der Waals surface area contributed by atoms with Crippen molar-refractivity contribution in [2.75, 3.05) is 20.3 Å². The van der Waals surface area contributed by atoms with Gasteiger partial charge in [0.15, 0.2) is 16.5 Å². The average molecular weight is 486 g/mol. The number of benzene rings is 3. The molecule has 7 nitrogen and oxygen atoms in total. The Kier molecular flexibility index (Phi) is 5.30. The molecule has 0 aliphatic carbocycles. The van der Waals surface area contributed by atoms with Crippen molar-refractivity contribution in [3.8, 4) is 28.5 Å². The van der Waals surface area contributed by atoms with Gasteiger partial charge >= 0.3 is 0 Å². The van der Waals surface area contributed by atoms with Gasteiger partial charge in [0.2, 0.25) is 0 Å². The normalized spacial score (nSPS) is 13.7. The Bertz CT molecular complexity index is 1550. The standard InChI is InChI=1S/C27H23N3O4S/c1-16(18-6-10-23-24(13-18)34-12-11-33-23)28-26(31)19-5-9-22-25(14-19)35-27-29-21(15-30(22)27)17-3-7-20(32-2)8-4-17/h3-10,13-16H,11-12H2,1-2H3,(H,28,31)/t16-/m0/s1. The fourth-order valence-corrected chi connectivity index (χ4v) is 5.28. The SMILES string of the molecule is COc1ccc(-c2cn3c(n2)sc2cc(C(=O)N[C@@H](C)c4ccc5c(c4)OCCO5)ccc23)cc1. The number of carbonyl (C=O) groups excluding carboxylic acids is 1. The molecule has 1 N–H and O–H groups in total. The highest BCUT2D eigenvalue weighted by Gasteiger charge is 2.18. The second-order valence-corrected chi connectivity index (χ2v) is 9.40. The van der Waals surface area contributed by atoms with Crippen molar-refractivity contribution >= 4 is 32.4 Å². The van der Waals surface area contributed by atoms with Crippen molar-refractivity contribution in [1.29, 1.82) is 0 Å². The molecule has 1 aliphatic heterocycles. The molecule has 0 radical (unpaired) electrons. The Labute approximate surface area is 205 Å². The predicted octanol–water partition coefficient (Wildman–Crippen LogP) is 5.49. The van der Waals surface area contributed by atoms with Crippen LogP contribution in [-0.2, 0) is 0 Å². The Morgan fingerprint density at radius 3 is 2.66 bits per heavy atom. The summed E-state index contributed by atoms with van der Waals surface area (Å²) >= 11 is 1.56. The number of nitrogens with one attached hydrogen (secondary N) is 1. The lowest BCUT2D eigenvalue weighted by Crippen LogP contribution is -2.26. The number of methoxy groups -OCH3 is 1. The maximum Gasteiger partial charge on any atom is 0.251 e. The lowest BCUT2D eigenvalue weighted by molar-refractivity contribution is 0.0940. The van der Waals surface area contributed by atoms with Gasteiger partial charge in [0.25, 0.3) is 5.91 Å². The molecule has 0 unspecified atom stereocenters. The molecule has 0 bridgehead atoms. The second-order valence-electron chi connectivity index (χ2n) is 8.39. The molecule has 0 spiro atoms. The van der Waals surface area contributed by atoms with Crippen molar-refractivity contribution in [3.05, 3.63) is 78.0 Å². The molecule has 3 heterocycles. The number of hydrogen-bond donors (Lipinski definition) is 1. The number of fused-ring (bicyclic) bond motifs is 4. The minimum absolute atomic E-state index is 0.126. The van der Waals surface area contributed by atoms with Gasteiger partial charge in [-0.2, -0.15) is 0 Å². The van der Waals surface area contributed by atoms with Gasteiger partial charge in [-0.1, -0.05) is 17.4 Å². The highest BCUT2D eigenvalue weighted by molar-refractivity contribution is 7.23. The number of aromatic nitrogens is 2. The summed E-state index contributed by atoms with van der Waals surface area (Å²) in [6.45, 7) is 3.04. The minimum atomic E-state index is -0.179. The third kappa shape index (κ3) is 3.95. The summed E-state index contributed by atoms with van der Waals surface area (Å²) in [5.74, 6) is 2.14. The Morgan fingerprint density at radius 1 is 1.06 bits per heavy atom. The molecule has 0 saturated heterocycles.